The smallest absolute Gasteiger partial charge is 0.0701 e. The molecule has 3 saturated heterocycles. The largest absolute Gasteiger partial charge is 0.375 e. The number of hydrogen-bond donors (Lipinski definition) is 2. The van der Waals surface area contributed by atoms with Crippen LogP contribution in [0.5, 0.6) is 0 Å². The van der Waals surface area contributed by atoms with Crippen molar-refractivity contribution in [2.75, 3.05) is 23.9 Å². The first-order valence-electron chi connectivity index (χ1n) is 8.12. The van der Waals surface area contributed by atoms with E-state index in [4.69, 9.17) is 10.6 Å². The van der Waals surface area contributed by atoms with Crippen LogP contribution in [0.25, 0.3) is 0 Å². The molecule has 0 aromatic carbocycles. The maximum Gasteiger partial charge on any atom is 0.0701 e. The lowest BCUT2D eigenvalue weighted by molar-refractivity contribution is -0.107. The van der Waals surface area contributed by atoms with Crippen molar-refractivity contribution in [1.29, 1.82) is 0 Å². The van der Waals surface area contributed by atoms with Gasteiger partial charge in [-0.05, 0) is 61.7 Å². The molecule has 0 aliphatic carbocycles. The third-order valence-corrected chi connectivity index (χ3v) is 7.72. The third kappa shape index (κ3) is 3.49. The summed E-state index contributed by atoms with van der Waals surface area (Å²) in [4.78, 5) is 0. The van der Waals surface area contributed by atoms with E-state index in [2.05, 4.69) is 28.9 Å². The van der Waals surface area contributed by atoms with Crippen molar-refractivity contribution in [3.8, 4) is 0 Å². The van der Waals surface area contributed by atoms with Gasteiger partial charge in [-0.25, -0.2) is 0 Å². The first-order valence-corrected chi connectivity index (χ1v) is 10.3. The molecule has 20 heavy (non-hydrogen) atoms. The Labute approximate surface area is 131 Å². The Hall–Kier alpha value is 0.580. The number of hydrazine groups is 1. The minimum absolute atomic E-state index is 0.183. The van der Waals surface area contributed by atoms with Gasteiger partial charge in [0.25, 0.3) is 0 Å². The van der Waals surface area contributed by atoms with Crippen molar-refractivity contribution in [1.82, 2.24) is 5.43 Å². The number of ether oxygens (including phenoxy) is 1. The van der Waals surface area contributed by atoms with Crippen molar-refractivity contribution in [3.63, 3.8) is 0 Å². The molecule has 3 N–H and O–H groups in total. The molecule has 3 unspecified atom stereocenters. The van der Waals surface area contributed by atoms with E-state index in [-0.39, 0.29) is 5.60 Å². The fourth-order valence-corrected chi connectivity index (χ4v) is 6.81. The van der Waals surface area contributed by atoms with Gasteiger partial charge in [-0.1, -0.05) is 6.42 Å². The van der Waals surface area contributed by atoms with Crippen LogP contribution in [-0.2, 0) is 4.74 Å². The highest BCUT2D eigenvalue weighted by atomic mass is 32.2. The topological polar surface area (TPSA) is 47.3 Å². The fourth-order valence-electron chi connectivity index (χ4n) is 4.06. The molecule has 3 nitrogen and oxygen atoms in total. The lowest BCUT2D eigenvalue weighted by Crippen LogP contribution is -2.54. The lowest BCUT2D eigenvalue weighted by Gasteiger charge is -2.46. The molecular formula is C15H28N2OS2. The van der Waals surface area contributed by atoms with Crippen LogP contribution in [0.3, 0.4) is 0 Å². The van der Waals surface area contributed by atoms with Gasteiger partial charge in [-0.2, -0.15) is 23.5 Å². The molecule has 3 fully saturated rings. The van der Waals surface area contributed by atoms with Crippen LogP contribution in [0, 0.1) is 5.92 Å². The minimum atomic E-state index is 0.183. The second-order valence-electron chi connectivity index (χ2n) is 6.49. The molecule has 5 heteroatoms. The summed E-state index contributed by atoms with van der Waals surface area (Å²) in [5.74, 6) is 10.5. The maximum absolute atomic E-state index is 6.23. The summed E-state index contributed by atoms with van der Waals surface area (Å²) in [6.45, 7) is 0.935. The molecule has 3 aliphatic heterocycles. The van der Waals surface area contributed by atoms with Crippen molar-refractivity contribution < 1.29 is 4.74 Å². The van der Waals surface area contributed by atoms with Gasteiger partial charge in [0.1, 0.15) is 0 Å². The molecular weight excluding hydrogens is 288 g/mol. The SMILES string of the molecule is NNC(C1CCOC2(CCSCC2)C1)C1CCCCS1. The van der Waals surface area contributed by atoms with Gasteiger partial charge in [-0.15, -0.1) is 0 Å². The number of thioether (sulfide) groups is 2. The highest BCUT2D eigenvalue weighted by molar-refractivity contribution is 8.00. The second kappa shape index (κ2) is 7.23. The molecule has 0 saturated carbocycles. The molecule has 0 aromatic rings. The molecule has 0 radical (unpaired) electrons. The van der Waals surface area contributed by atoms with E-state index in [0.29, 0.717) is 17.2 Å². The van der Waals surface area contributed by atoms with E-state index in [1.54, 1.807) is 0 Å². The van der Waals surface area contributed by atoms with Crippen molar-refractivity contribution in [2.45, 2.75) is 61.8 Å². The summed E-state index contributed by atoms with van der Waals surface area (Å²) in [5, 5.41) is 0.715. The van der Waals surface area contributed by atoms with Crippen LogP contribution in [-0.4, -0.2) is 40.8 Å². The zero-order valence-electron chi connectivity index (χ0n) is 12.3. The summed E-state index contributed by atoms with van der Waals surface area (Å²) < 4.78 is 6.23. The van der Waals surface area contributed by atoms with Crippen LogP contribution in [0.1, 0.15) is 44.9 Å². The second-order valence-corrected chi connectivity index (χ2v) is 9.07. The molecule has 1 spiro atoms. The summed E-state index contributed by atoms with van der Waals surface area (Å²) >= 11 is 4.22. The summed E-state index contributed by atoms with van der Waals surface area (Å²) in [5.41, 5.74) is 3.37. The quantitative estimate of drug-likeness (QED) is 0.619. The van der Waals surface area contributed by atoms with Crippen molar-refractivity contribution in [3.05, 3.63) is 0 Å². The van der Waals surface area contributed by atoms with E-state index in [9.17, 15) is 0 Å². The van der Waals surface area contributed by atoms with Crippen LogP contribution < -0.4 is 11.3 Å². The molecule has 3 aliphatic rings. The summed E-state index contributed by atoms with van der Waals surface area (Å²) in [6, 6.07) is 0.482. The van der Waals surface area contributed by atoms with Gasteiger partial charge in [0.2, 0.25) is 0 Å². The molecule has 3 atom stereocenters. The number of nitrogens with two attached hydrogens (primary N) is 1. The van der Waals surface area contributed by atoms with Crippen LogP contribution in [0.15, 0.2) is 0 Å². The predicted octanol–water partition coefficient (Wildman–Crippen LogP) is 2.80. The first-order chi connectivity index (χ1) is 9.83. The van der Waals surface area contributed by atoms with Gasteiger partial charge >= 0.3 is 0 Å². The van der Waals surface area contributed by atoms with E-state index >= 15 is 0 Å². The van der Waals surface area contributed by atoms with Gasteiger partial charge in [0.15, 0.2) is 0 Å². The predicted molar refractivity (Wildman–Crippen MR) is 89.2 cm³/mol. The standard InChI is InChI=1S/C15H28N2OS2/c16-17-14(13-3-1-2-8-20-13)12-4-7-18-15(11-12)5-9-19-10-6-15/h12-14,17H,1-11,16H2. The van der Waals surface area contributed by atoms with Crippen LogP contribution in [0.2, 0.25) is 0 Å². The fraction of sp³-hybridized carbons (Fsp3) is 1.00. The van der Waals surface area contributed by atoms with Crippen molar-refractivity contribution in [2.24, 2.45) is 11.8 Å². The minimum Gasteiger partial charge on any atom is -0.375 e. The van der Waals surface area contributed by atoms with Gasteiger partial charge in [0.05, 0.1) is 5.60 Å². The molecule has 116 valence electrons. The first kappa shape index (κ1) is 15.5. The molecule has 0 amide bonds. The normalized spacial score (nSPS) is 35.9. The highest BCUT2D eigenvalue weighted by Crippen LogP contribution is 2.42. The molecule has 0 bridgehead atoms. The lowest BCUT2D eigenvalue weighted by atomic mass is 9.77. The Bertz CT molecular complexity index is 299. The Morgan fingerprint density at radius 3 is 2.70 bits per heavy atom. The third-order valence-electron chi connectivity index (χ3n) is 5.25. The Morgan fingerprint density at radius 1 is 1.15 bits per heavy atom. The number of hydrogen-bond acceptors (Lipinski definition) is 5. The van der Waals surface area contributed by atoms with Gasteiger partial charge in [-0.3, -0.25) is 11.3 Å². The van der Waals surface area contributed by atoms with E-state index in [0.717, 1.165) is 6.61 Å². The monoisotopic (exact) mass is 316 g/mol. The molecule has 3 rings (SSSR count). The average Bonchev–Trinajstić information content (AvgIpc) is 2.50. The van der Waals surface area contributed by atoms with Crippen LogP contribution >= 0.6 is 23.5 Å². The van der Waals surface area contributed by atoms with E-state index < -0.39 is 0 Å². The average molecular weight is 317 g/mol. The Morgan fingerprint density at radius 2 is 2.00 bits per heavy atom. The maximum atomic E-state index is 6.23. The van der Waals surface area contributed by atoms with Crippen LogP contribution in [0.4, 0.5) is 0 Å². The Balaban J connectivity index is 1.64. The molecule has 3 heterocycles. The van der Waals surface area contributed by atoms with E-state index in [1.807, 2.05) is 0 Å². The molecule has 0 aromatic heterocycles. The zero-order chi connectivity index (χ0) is 13.8. The zero-order valence-corrected chi connectivity index (χ0v) is 13.9. The van der Waals surface area contributed by atoms with Gasteiger partial charge < -0.3 is 4.74 Å². The van der Waals surface area contributed by atoms with Crippen molar-refractivity contribution >= 4 is 23.5 Å². The summed E-state index contributed by atoms with van der Waals surface area (Å²) in [7, 11) is 0. The number of rotatable bonds is 3. The van der Waals surface area contributed by atoms with E-state index in [1.165, 1.54) is 62.2 Å². The Kier molecular flexibility index (Phi) is 5.59. The van der Waals surface area contributed by atoms with Gasteiger partial charge in [0, 0.05) is 17.9 Å². The summed E-state index contributed by atoms with van der Waals surface area (Å²) in [6.07, 6.45) is 8.97. The number of nitrogens with one attached hydrogen (secondary N) is 1. The highest BCUT2D eigenvalue weighted by Gasteiger charge is 2.42.